The van der Waals surface area contributed by atoms with E-state index in [1.54, 1.807) is 12.1 Å². The van der Waals surface area contributed by atoms with Crippen molar-refractivity contribution in [1.82, 2.24) is 14.9 Å². The number of hydrogen-bond donors (Lipinski definition) is 1. The first-order valence-corrected chi connectivity index (χ1v) is 10.5. The van der Waals surface area contributed by atoms with Gasteiger partial charge in [-0.1, -0.05) is 18.2 Å². The maximum Gasteiger partial charge on any atom is 0.264 e. The second-order valence-electron chi connectivity index (χ2n) is 7.69. The zero-order valence-corrected chi connectivity index (χ0v) is 16.4. The SMILES string of the molecule is Cc1c(C(=O)N2C[C@H]3CC[C@@H]2C3)sc2ncnc(NCc3ccccc3F)c12. The lowest BCUT2D eigenvalue weighted by atomic mass is 10.1. The van der Waals surface area contributed by atoms with Crippen LogP contribution in [0.25, 0.3) is 10.2 Å². The van der Waals surface area contributed by atoms with Crippen molar-refractivity contribution in [3.05, 3.63) is 52.4 Å². The highest BCUT2D eigenvalue weighted by Gasteiger charge is 2.41. The number of anilines is 1. The van der Waals surface area contributed by atoms with Crippen LogP contribution in [0, 0.1) is 18.7 Å². The van der Waals surface area contributed by atoms with E-state index in [9.17, 15) is 9.18 Å². The van der Waals surface area contributed by atoms with Crippen LogP contribution < -0.4 is 5.32 Å². The van der Waals surface area contributed by atoms with E-state index in [-0.39, 0.29) is 11.7 Å². The van der Waals surface area contributed by atoms with Crippen LogP contribution in [0.2, 0.25) is 0 Å². The summed E-state index contributed by atoms with van der Waals surface area (Å²) in [7, 11) is 0. The van der Waals surface area contributed by atoms with Crippen LogP contribution in [-0.2, 0) is 6.54 Å². The highest BCUT2D eigenvalue weighted by molar-refractivity contribution is 7.20. The molecular weight excluding hydrogens is 375 g/mol. The van der Waals surface area contributed by atoms with Gasteiger partial charge in [0.1, 0.15) is 22.8 Å². The van der Waals surface area contributed by atoms with Gasteiger partial charge in [0, 0.05) is 24.7 Å². The van der Waals surface area contributed by atoms with Gasteiger partial charge in [-0.05, 0) is 43.7 Å². The Kier molecular flexibility index (Phi) is 4.27. The Bertz CT molecular complexity index is 1070. The van der Waals surface area contributed by atoms with Gasteiger partial charge < -0.3 is 10.2 Å². The van der Waals surface area contributed by atoms with Gasteiger partial charge in [-0.3, -0.25) is 4.79 Å². The van der Waals surface area contributed by atoms with Gasteiger partial charge in [-0.2, -0.15) is 0 Å². The van der Waals surface area contributed by atoms with E-state index in [0.717, 1.165) is 40.0 Å². The van der Waals surface area contributed by atoms with Crippen molar-refractivity contribution in [3.8, 4) is 0 Å². The summed E-state index contributed by atoms with van der Waals surface area (Å²) >= 11 is 1.43. The summed E-state index contributed by atoms with van der Waals surface area (Å²) in [6, 6.07) is 7.08. The number of aromatic nitrogens is 2. The second-order valence-corrected chi connectivity index (χ2v) is 8.69. The van der Waals surface area contributed by atoms with E-state index in [1.165, 1.54) is 30.2 Å². The molecule has 1 N–H and O–H groups in total. The Morgan fingerprint density at radius 2 is 2.18 bits per heavy atom. The number of amides is 1. The fourth-order valence-electron chi connectivity index (χ4n) is 4.53. The number of aryl methyl sites for hydroxylation is 1. The Balaban J connectivity index is 1.45. The molecule has 2 bridgehead atoms. The molecule has 1 saturated carbocycles. The molecule has 5 rings (SSSR count). The predicted molar refractivity (Wildman–Crippen MR) is 108 cm³/mol. The van der Waals surface area contributed by atoms with E-state index >= 15 is 0 Å². The minimum absolute atomic E-state index is 0.118. The molecule has 144 valence electrons. The maximum atomic E-state index is 13.9. The number of thiophene rings is 1. The van der Waals surface area contributed by atoms with Crippen molar-refractivity contribution in [2.45, 2.75) is 38.8 Å². The molecule has 1 saturated heterocycles. The molecule has 2 atom stereocenters. The van der Waals surface area contributed by atoms with Crippen LogP contribution in [0.5, 0.6) is 0 Å². The average molecular weight is 396 g/mol. The Labute approximate surface area is 166 Å². The minimum Gasteiger partial charge on any atom is -0.365 e. The first-order valence-electron chi connectivity index (χ1n) is 9.64. The third-order valence-electron chi connectivity index (χ3n) is 6.00. The first kappa shape index (κ1) is 17.6. The molecule has 28 heavy (non-hydrogen) atoms. The normalized spacial score (nSPS) is 20.9. The number of benzene rings is 1. The molecule has 0 unspecified atom stereocenters. The molecule has 0 spiro atoms. The van der Waals surface area contributed by atoms with Crippen LogP contribution in [0.4, 0.5) is 10.2 Å². The first-order chi connectivity index (χ1) is 13.6. The van der Waals surface area contributed by atoms with Crippen LogP contribution in [0.3, 0.4) is 0 Å². The van der Waals surface area contributed by atoms with Crippen molar-refractivity contribution in [3.63, 3.8) is 0 Å². The largest absolute Gasteiger partial charge is 0.365 e. The van der Waals surface area contributed by atoms with Crippen LogP contribution in [-0.4, -0.2) is 33.4 Å². The van der Waals surface area contributed by atoms with Gasteiger partial charge in [-0.25, -0.2) is 14.4 Å². The Morgan fingerprint density at radius 1 is 1.32 bits per heavy atom. The molecule has 1 aliphatic carbocycles. The summed E-state index contributed by atoms with van der Waals surface area (Å²) in [5, 5.41) is 4.08. The number of carbonyl (C=O) groups is 1. The van der Waals surface area contributed by atoms with Crippen molar-refractivity contribution < 1.29 is 9.18 Å². The standard InChI is InChI=1S/C21H21FN4OS/c1-12-17-19(23-9-14-4-2-3-5-16(14)22)24-11-25-20(17)28-18(12)21(27)26-10-13-6-7-15(26)8-13/h2-5,11,13,15H,6-10H2,1H3,(H,23,24,25)/t13-,15+/m0/s1. The van der Waals surface area contributed by atoms with E-state index in [1.807, 2.05) is 17.9 Å². The lowest BCUT2D eigenvalue weighted by Crippen LogP contribution is -2.37. The number of halogens is 1. The number of hydrogen-bond acceptors (Lipinski definition) is 5. The maximum absolute atomic E-state index is 13.9. The summed E-state index contributed by atoms with van der Waals surface area (Å²) in [5.74, 6) is 1.18. The number of carbonyl (C=O) groups excluding carboxylic acids is 1. The highest BCUT2D eigenvalue weighted by Crippen LogP contribution is 2.40. The van der Waals surface area contributed by atoms with Gasteiger partial charge in [0.25, 0.3) is 5.91 Å². The molecule has 1 aromatic carbocycles. The molecule has 0 radical (unpaired) electrons. The molecule has 1 amide bonds. The fraction of sp³-hybridized carbons (Fsp3) is 0.381. The van der Waals surface area contributed by atoms with Crippen LogP contribution in [0.1, 0.15) is 40.1 Å². The second kappa shape index (κ2) is 6.81. The summed E-state index contributed by atoms with van der Waals surface area (Å²) < 4.78 is 13.9. The van der Waals surface area contributed by atoms with Crippen LogP contribution in [0.15, 0.2) is 30.6 Å². The number of rotatable bonds is 4. The summed E-state index contributed by atoms with van der Waals surface area (Å²) in [6.07, 6.45) is 5.00. The molecule has 2 aliphatic rings. The lowest BCUT2D eigenvalue weighted by molar-refractivity contribution is 0.0708. The van der Waals surface area contributed by atoms with Crippen molar-refractivity contribution >= 4 is 33.3 Å². The number of likely N-dealkylation sites (tertiary alicyclic amines) is 1. The molecule has 1 aliphatic heterocycles. The summed E-state index contributed by atoms with van der Waals surface area (Å²) in [6.45, 7) is 3.16. The van der Waals surface area contributed by atoms with Crippen LogP contribution >= 0.6 is 11.3 Å². The monoisotopic (exact) mass is 396 g/mol. The third kappa shape index (κ3) is 2.85. The fourth-order valence-corrected chi connectivity index (χ4v) is 5.64. The van der Waals surface area contributed by atoms with E-state index < -0.39 is 0 Å². The molecule has 3 aromatic rings. The van der Waals surface area contributed by atoms with Crippen molar-refractivity contribution in [1.29, 1.82) is 0 Å². The van der Waals surface area contributed by atoms with Crippen molar-refractivity contribution in [2.24, 2.45) is 5.92 Å². The highest BCUT2D eigenvalue weighted by atomic mass is 32.1. The zero-order valence-electron chi connectivity index (χ0n) is 15.6. The third-order valence-corrected chi connectivity index (χ3v) is 7.18. The van der Waals surface area contributed by atoms with E-state index in [2.05, 4.69) is 15.3 Å². The van der Waals surface area contributed by atoms with E-state index in [4.69, 9.17) is 0 Å². The zero-order chi connectivity index (χ0) is 19.3. The summed E-state index contributed by atoms with van der Waals surface area (Å²) in [4.78, 5) is 25.5. The Hall–Kier alpha value is -2.54. The topological polar surface area (TPSA) is 58.1 Å². The van der Waals surface area contributed by atoms with Gasteiger partial charge in [0.05, 0.1) is 10.3 Å². The number of fused-ring (bicyclic) bond motifs is 3. The van der Waals surface area contributed by atoms with E-state index in [0.29, 0.717) is 29.9 Å². The van der Waals surface area contributed by atoms with Gasteiger partial charge in [-0.15, -0.1) is 11.3 Å². The molecule has 2 aromatic heterocycles. The average Bonchev–Trinajstić information content (AvgIpc) is 3.42. The summed E-state index contributed by atoms with van der Waals surface area (Å²) in [5.41, 5.74) is 1.48. The smallest absolute Gasteiger partial charge is 0.264 e. The van der Waals surface area contributed by atoms with Gasteiger partial charge in [0.15, 0.2) is 0 Å². The molecule has 7 heteroatoms. The lowest BCUT2D eigenvalue weighted by Gasteiger charge is -2.26. The van der Waals surface area contributed by atoms with Gasteiger partial charge >= 0.3 is 0 Å². The number of nitrogens with one attached hydrogen (secondary N) is 1. The molecule has 5 nitrogen and oxygen atoms in total. The predicted octanol–water partition coefficient (Wildman–Crippen LogP) is 4.38. The minimum atomic E-state index is -0.248. The number of nitrogens with zero attached hydrogens (tertiary/aromatic N) is 3. The number of piperidine rings is 1. The quantitative estimate of drug-likeness (QED) is 0.711. The molecule has 2 fully saturated rings. The molecular formula is C21H21FN4OS. The van der Waals surface area contributed by atoms with Crippen molar-refractivity contribution in [2.75, 3.05) is 11.9 Å². The van der Waals surface area contributed by atoms with Gasteiger partial charge in [0.2, 0.25) is 0 Å². The Morgan fingerprint density at radius 3 is 2.93 bits per heavy atom. The molecule has 3 heterocycles.